The van der Waals surface area contributed by atoms with E-state index in [2.05, 4.69) is 5.32 Å². The van der Waals surface area contributed by atoms with Gasteiger partial charge in [-0.2, -0.15) is 0 Å². The number of imide groups is 1. The summed E-state index contributed by atoms with van der Waals surface area (Å²) in [4.78, 5) is 34.1. The highest BCUT2D eigenvalue weighted by Gasteiger charge is 2.35. The van der Waals surface area contributed by atoms with Gasteiger partial charge in [0.05, 0.1) is 32.2 Å². The van der Waals surface area contributed by atoms with E-state index in [1.165, 1.54) is 0 Å². The number of nitrogens with zero attached hydrogens (tertiary/aromatic N) is 1. The van der Waals surface area contributed by atoms with Crippen LogP contribution in [0.1, 0.15) is 6.42 Å². The Kier molecular flexibility index (Phi) is 4.85. The minimum atomic E-state index is -0.723. The number of urea groups is 1. The highest BCUT2D eigenvalue weighted by Crippen LogP contribution is 2.10. The van der Waals surface area contributed by atoms with Crippen molar-refractivity contribution in [2.75, 3.05) is 26.3 Å². The Balaban J connectivity index is 2.12. The van der Waals surface area contributed by atoms with E-state index >= 15 is 0 Å². The van der Waals surface area contributed by atoms with E-state index in [4.69, 9.17) is 16.2 Å². The van der Waals surface area contributed by atoms with Crippen LogP contribution in [-0.4, -0.2) is 55.1 Å². The Morgan fingerprint density at radius 2 is 2.18 bits per heavy atom. The second-order valence-corrected chi connectivity index (χ2v) is 3.60. The van der Waals surface area contributed by atoms with Gasteiger partial charge in [-0.05, 0) is 0 Å². The van der Waals surface area contributed by atoms with Gasteiger partial charge >= 0.3 is 6.03 Å². The number of primary amides is 1. The summed E-state index contributed by atoms with van der Waals surface area (Å²) in [7, 11) is 0. The van der Waals surface area contributed by atoms with Gasteiger partial charge in [-0.1, -0.05) is 0 Å². The average Bonchev–Trinajstić information content (AvgIpc) is 2.48. The quantitative estimate of drug-likeness (QED) is 0.359. The fraction of sp³-hybridized carbons (Fsp3) is 0.667. The van der Waals surface area contributed by atoms with Crippen LogP contribution in [-0.2, 0) is 14.3 Å². The normalized spacial score (nSPS) is 19.8. The molecule has 1 aliphatic heterocycles. The van der Waals surface area contributed by atoms with E-state index < -0.39 is 12.1 Å². The first kappa shape index (κ1) is 13.4. The lowest BCUT2D eigenvalue weighted by Crippen LogP contribution is -2.38. The number of carbonyl (C=O) groups excluding carboxylic acids is 3. The Labute approximate surface area is 98.2 Å². The molecule has 8 nitrogen and oxygen atoms in total. The fourth-order valence-corrected chi connectivity index (χ4v) is 1.45. The third kappa shape index (κ3) is 4.00. The number of hydrogen-bond donors (Lipinski definition) is 3. The second kappa shape index (κ2) is 6.16. The van der Waals surface area contributed by atoms with E-state index in [0.717, 1.165) is 4.90 Å². The van der Waals surface area contributed by atoms with Crippen LogP contribution < -0.4 is 16.8 Å². The fourth-order valence-electron chi connectivity index (χ4n) is 1.45. The van der Waals surface area contributed by atoms with E-state index in [0.29, 0.717) is 0 Å². The van der Waals surface area contributed by atoms with Crippen LogP contribution in [0.2, 0.25) is 0 Å². The van der Waals surface area contributed by atoms with Crippen molar-refractivity contribution in [2.24, 2.45) is 11.5 Å². The molecule has 1 aliphatic rings. The Morgan fingerprint density at radius 1 is 1.47 bits per heavy atom. The molecular formula is C9H16N4O4. The van der Waals surface area contributed by atoms with Gasteiger partial charge in [0.25, 0.3) is 0 Å². The summed E-state index contributed by atoms with van der Waals surface area (Å²) in [5, 5.41) is 2.34. The van der Waals surface area contributed by atoms with Crippen molar-refractivity contribution in [3.63, 3.8) is 0 Å². The molecule has 0 bridgehead atoms. The molecule has 17 heavy (non-hydrogen) atoms. The molecule has 4 amide bonds. The number of likely N-dealkylation sites (tertiary alicyclic amines) is 1. The van der Waals surface area contributed by atoms with Crippen molar-refractivity contribution < 1.29 is 19.1 Å². The van der Waals surface area contributed by atoms with Crippen LogP contribution in [0.3, 0.4) is 0 Å². The average molecular weight is 244 g/mol. The van der Waals surface area contributed by atoms with Crippen molar-refractivity contribution in [1.29, 1.82) is 0 Å². The molecule has 1 atom stereocenters. The second-order valence-electron chi connectivity index (χ2n) is 3.60. The van der Waals surface area contributed by atoms with Gasteiger partial charge in [0, 0.05) is 6.54 Å². The molecule has 0 aromatic rings. The summed E-state index contributed by atoms with van der Waals surface area (Å²) < 4.78 is 5.12. The molecule has 0 aromatic carbocycles. The highest BCUT2D eigenvalue weighted by molar-refractivity contribution is 6.05. The number of amides is 4. The first-order valence-corrected chi connectivity index (χ1v) is 5.23. The van der Waals surface area contributed by atoms with Gasteiger partial charge < -0.3 is 21.5 Å². The van der Waals surface area contributed by atoms with Gasteiger partial charge in [0.1, 0.15) is 0 Å². The van der Waals surface area contributed by atoms with E-state index in [9.17, 15) is 14.4 Å². The topological polar surface area (TPSA) is 128 Å². The number of ether oxygens (including phenoxy) is 1. The molecule has 0 radical (unpaired) electrons. The molecular weight excluding hydrogens is 228 g/mol. The van der Waals surface area contributed by atoms with Crippen molar-refractivity contribution >= 4 is 17.8 Å². The van der Waals surface area contributed by atoms with Crippen LogP contribution >= 0.6 is 0 Å². The van der Waals surface area contributed by atoms with Gasteiger partial charge in [0.15, 0.2) is 0 Å². The summed E-state index contributed by atoms with van der Waals surface area (Å²) in [6, 6.07) is -1.34. The lowest BCUT2D eigenvalue weighted by atomic mass is 10.3. The zero-order valence-electron chi connectivity index (χ0n) is 9.35. The van der Waals surface area contributed by atoms with Crippen molar-refractivity contribution in [3.8, 4) is 0 Å². The largest absolute Gasteiger partial charge is 0.378 e. The van der Waals surface area contributed by atoms with Crippen molar-refractivity contribution in [2.45, 2.75) is 12.5 Å². The number of rotatable bonds is 6. The molecule has 0 aromatic heterocycles. The third-order valence-electron chi connectivity index (χ3n) is 2.28. The monoisotopic (exact) mass is 244 g/mol. The molecule has 1 heterocycles. The van der Waals surface area contributed by atoms with Crippen molar-refractivity contribution in [1.82, 2.24) is 10.2 Å². The Bertz CT molecular complexity index is 320. The molecule has 96 valence electrons. The van der Waals surface area contributed by atoms with Crippen LogP contribution in [0.15, 0.2) is 0 Å². The van der Waals surface area contributed by atoms with E-state index in [1.54, 1.807) is 0 Å². The maximum atomic E-state index is 11.4. The lowest BCUT2D eigenvalue weighted by Gasteiger charge is -2.14. The molecule has 0 saturated carbocycles. The molecule has 0 aliphatic carbocycles. The van der Waals surface area contributed by atoms with Gasteiger partial charge in [-0.15, -0.1) is 0 Å². The number of hydrogen-bond acceptors (Lipinski definition) is 5. The molecule has 1 rings (SSSR count). The zero-order chi connectivity index (χ0) is 12.8. The minimum absolute atomic E-state index is 0.0576. The van der Waals surface area contributed by atoms with Crippen molar-refractivity contribution in [3.05, 3.63) is 0 Å². The molecule has 1 fully saturated rings. The maximum absolute atomic E-state index is 11.4. The lowest BCUT2D eigenvalue weighted by molar-refractivity contribution is -0.139. The maximum Gasteiger partial charge on any atom is 0.312 e. The predicted molar refractivity (Wildman–Crippen MR) is 57.7 cm³/mol. The third-order valence-corrected chi connectivity index (χ3v) is 2.28. The molecule has 8 heteroatoms. The van der Waals surface area contributed by atoms with Crippen LogP contribution in [0.4, 0.5) is 4.79 Å². The minimum Gasteiger partial charge on any atom is -0.378 e. The van der Waals surface area contributed by atoms with Crippen LogP contribution in [0.25, 0.3) is 0 Å². The number of carbonyl (C=O) groups is 3. The first-order valence-electron chi connectivity index (χ1n) is 5.23. The molecule has 5 N–H and O–H groups in total. The smallest absolute Gasteiger partial charge is 0.312 e. The summed E-state index contributed by atoms with van der Waals surface area (Å²) >= 11 is 0. The Morgan fingerprint density at radius 3 is 2.71 bits per heavy atom. The van der Waals surface area contributed by atoms with E-state index in [1.807, 2.05) is 0 Å². The van der Waals surface area contributed by atoms with Gasteiger partial charge in [-0.25, -0.2) is 4.79 Å². The summed E-state index contributed by atoms with van der Waals surface area (Å²) in [6.07, 6.45) is 0.0576. The zero-order valence-corrected chi connectivity index (χ0v) is 9.35. The van der Waals surface area contributed by atoms with E-state index in [-0.39, 0.29) is 44.5 Å². The summed E-state index contributed by atoms with van der Waals surface area (Å²) in [6.45, 7) is 0.953. The van der Waals surface area contributed by atoms with Crippen LogP contribution in [0.5, 0.6) is 0 Å². The highest BCUT2D eigenvalue weighted by atomic mass is 16.5. The standard InChI is InChI=1S/C9H16N4O4/c10-6-5-7(14)13(8(6)15)2-4-17-3-1-12-9(11)16/h6H,1-5,10H2,(H3,11,12,16). The predicted octanol–water partition coefficient (Wildman–Crippen LogP) is -2.24. The Hall–Kier alpha value is -1.67. The molecule has 0 spiro atoms. The van der Waals surface area contributed by atoms with Crippen LogP contribution in [0, 0.1) is 0 Å². The summed E-state index contributed by atoms with van der Waals surface area (Å²) in [5.74, 6) is -0.643. The molecule has 1 unspecified atom stereocenters. The first-order chi connectivity index (χ1) is 8.02. The SMILES string of the molecule is NC(=O)NCCOCCN1C(=O)CC(N)C1=O. The number of nitrogens with one attached hydrogen (secondary N) is 1. The summed E-state index contributed by atoms with van der Waals surface area (Å²) in [5.41, 5.74) is 10.3. The van der Waals surface area contributed by atoms with Gasteiger partial charge in [0.2, 0.25) is 11.8 Å². The molecule has 1 saturated heterocycles. The number of nitrogens with two attached hydrogens (primary N) is 2. The van der Waals surface area contributed by atoms with Gasteiger partial charge in [-0.3, -0.25) is 14.5 Å².